The van der Waals surface area contributed by atoms with Crippen LogP contribution < -0.4 is 4.90 Å². The van der Waals surface area contributed by atoms with Gasteiger partial charge in [-0.15, -0.1) is 0 Å². The molecule has 0 aromatic heterocycles. The van der Waals surface area contributed by atoms with Crippen LogP contribution in [0.25, 0.3) is 6.08 Å². The molecule has 7 rings (SSSR count). The Morgan fingerprint density at radius 2 is 1.59 bits per heavy atom. The minimum absolute atomic E-state index is 0.0372. The highest BCUT2D eigenvalue weighted by Gasteiger charge is 2.55. The number of hydrogen-bond donors (Lipinski definition) is 0. The van der Waals surface area contributed by atoms with Crippen LogP contribution in [0.2, 0.25) is 5.02 Å². The zero-order valence-corrected chi connectivity index (χ0v) is 25.2. The highest BCUT2D eigenvalue weighted by Crippen LogP contribution is 2.45. The number of hydrogen-bond acceptors (Lipinski definition) is 7. The van der Waals surface area contributed by atoms with Crippen molar-refractivity contribution in [3.63, 3.8) is 0 Å². The summed E-state index contributed by atoms with van der Waals surface area (Å²) in [6.07, 6.45) is 4.96. The number of anilines is 1. The summed E-state index contributed by atoms with van der Waals surface area (Å²) in [5.41, 5.74) is 6.90. The number of carbonyl (C=O) groups is 3. The first-order valence-corrected chi connectivity index (χ1v) is 15.2. The second-order valence-corrected chi connectivity index (χ2v) is 12.3. The number of fused-ring (bicyclic) bond motifs is 2. The van der Waals surface area contributed by atoms with Crippen molar-refractivity contribution in [3.8, 4) is 0 Å². The molecule has 0 spiro atoms. The second-order valence-electron chi connectivity index (χ2n) is 11.8. The molecule has 0 radical (unpaired) electrons. The van der Waals surface area contributed by atoms with E-state index in [1.54, 1.807) is 29.3 Å². The van der Waals surface area contributed by atoms with Crippen LogP contribution in [0.4, 0.5) is 5.69 Å². The van der Waals surface area contributed by atoms with Gasteiger partial charge >= 0.3 is 0 Å². The van der Waals surface area contributed by atoms with Gasteiger partial charge in [-0.25, -0.2) is 9.91 Å². The molecule has 1 saturated heterocycles. The van der Waals surface area contributed by atoms with E-state index < -0.39 is 23.9 Å². The Kier molecular flexibility index (Phi) is 7.13. The highest BCUT2D eigenvalue weighted by atomic mass is 35.5. The molecule has 9 nitrogen and oxygen atoms in total. The number of rotatable bonds is 5. The molecule has 10 heteroatoms. The monoisotopic (exact) mass is 606 g/mol. The standard InChI is InChI=1S/C34H31ClN6O3/c1-20-6-10-22(11-7-20)18-24-4-3-5-27-29(24)37-41(31(27)23-12-8-21(2)9-13-23)28(42)19-39-32-30(36-38-39)33(43)40(34(32)44)26-16-14-25(35)15-17-26/h6-18,27,30-32H,3-5,19H2,1-2H3/b24-18+/t27-,30+,31-,32-/m1/s1. The van der Waals surface area contributed by atoms with Crippen LogP contribution in [0.1, 0.15) is 47.6 Å². The summed E-state index contributed by atoms with van der Waals surface area (Å²) in [5, 5.41) is 16.6. The fourth-order valence-electron chi connectivity index (χ4n) is 6.58. The van der Waals surface area contributed by atoms with Crippen LogP contribution in [0.15, 0.2) is 93.8 Å². The number of carbonyl (C=O) groups excluding carboxylic acids is 3. The van der Waals surface area contributed by atoms with Crippen molar-refractivity contribution in [2.75, 3.05) is 11.4 Å². The Morgan fingerprint density at radius 3 is 2.30 bits per heavy atom. The summed E-state index contributed by atoms with van der Waals surface area (Å²) in [6.45, 7) is 3.87. The van der Waals surface area contributed by atoms with Crippen LogP contribution in [-0.2, 0) is 14.4 Å². The first kappa shape index (κ1) is 28.2. The molecule has 222 valence electrons. The summed E-state index contributed by atoms with van der Waals surface area (Å²) >= 11 is 6.01. The molecule has 3 amide bonds. The van der Waals surface area contributed by atoms with Crippen molar-refractivity contribution >= 4 is 46.8 Å². The molecule has 2 fully saturated rings. The normalized spacial score (nSPS) is 25.1. The maximum Gasteiger partial charge on any atom is 0.264 e. The Labute approximate surface area is 260 Å². The lowest BCUT2D eigenvalue weighted by Crippen LogP contribution is -2.45. The first-order valence-electron chi connectivity index (χ1n) is 14.8. The topological polar surface area (TPSA) is 98.0 Å². The van der Waals surface area contributed by atoms with Gasteiger partial charge in [-0.3, -0.25) is 19.4 Å². The highest BCUT2D eigenvalue weighted by molar-refractivity contribution is 6.31. The number of nitrogens with zero attached hydrogens (tertiary/aromatic N) is 6. The van der Waals surface area contributed by atoms with Crippen molar-refractivity contribution in [3.05, 3.63) is 106 Å². The molecule has 3 heterocycles. The maximum atomic E-state index is 14.1. The van der Waals surface area contributed by atoms with Crippen molar-refractivity contribution in [2.24, 2.45) is 21.4 Å². The van der Waals surface area contributed by atoms with Gasteiger partial charge in [0.1, 0.15) is 6.54 Å². The number of amides is 3. The van der Waals surface area contributed by atoms with E-state index >= 15 is 0 Å². The van der Waals surface area contributed by atoms with Gasteiger partial charge in [0.05, 0.1) is 17.4 Å². The molecule has 0 bridgehead atoms. The average Bonchev–Trinajstić information content (AvgIpc) is 3.69. The van der Waals surface area contributed by atoms with Gasteiger partial charge in [0.25, 0.3) is 17.7 Å². The van der Waals surface area contributed by atoms with Crippen molar-refractivity contribution in [2.45, 2.75) is 51.2 Å². The predicted octanol–water partition coefficient (Wildman–Crippen LogP) is 6.07. The first-order chi connectivity index (χ1) is 21.3. The van der Waals surface area contributed by atoms with E-state index in [0.717, 1.165) is 52.1 Å². The second kappa shape index (κ2) is 11.1. The maximum absolute atomic E-state index is 14.1. The molecule has 3 aromatic carbocycles. The minimum Gasteiger partial charge on any atom is -0.271 e. The lowest BCUT2D eigenvalue weighted by Gasteiger charge is -2.30. The summed E-state index contributed by atoms with van der Waals surface area (Å²) < 4.78 is 0. The van der Waals surface area contributed by atoms with Gasteiger partial charge in [0.15, 0.2) is 12.1 Å². The van der Waals surface area contributed by atoms with Gasteiger partial charge in [-0.1, -0.05) is 76.5 Å². The lowest BCUT2D eigenvalue weighted by molar-refractivity contribution is -0.136. The number of hydrazone groups is 1. The van der Waals surface area contributed by atoms with Crippen LogP contribution >= 0.6 is 11.6 Å². The Hall–Kier alpha value is -4.63. The molecule has 3 aliphatic heterocycles. The van der Waals surface area contributed by atoms with E-state index in [2.05, 4.69) is 71.9 Å². The van der Waals surface area contributed by atoms with E-state index in [-0.39, 0.29) is 24.4 Å². The molecule has 0 N–H and O–H groups in total. The fraction of sp³-hybridized carbons (Fsp3) is 0.294. The molecule has 1 aliphatic carbocycles. The third-order valence-corrected chi connectivity index (χ3v) is 9.09. The zero-order valence-electron chi connectivity index (χ0n) is 24.4. The number of benzene rings is 3. The van der Waals surface area contributed by atoms with E-state index in [9.17, 15) is 14.4 Å². The SMILES string of the molecule is Cc1ccc(/C=C2\CCC[C@@H]3C2=NN(C(=O)CN2N=N[C@@H]4C(=O)N(c5ccc(Cl)cc5)C(=O)[C@@H]42)[C@@H]3c2ccc(C)cc2)cc1. The summed E-state index contributed by atoms with van der Waals surface area (Å²) in [7, 11) is 0. The Bertz CT molecular complexity index is 1730. The summed E-state index contributed by atoms with van der Waals surface area (Å²) in [6, 6.07) is 20.8. The molecule has 44 heavy (non-hydrogen) atoms. The Balaban J connectivity index is 1.18. The van der Waals surface area contributed by atoms with Crippen LogP contribution in [0, 0.1) is 19.8 Å². The third kappa shape index (κ3) is 4.91. The van der Waals surface area contributed by atoms with Crippen LogP contribution in [0.3, 0.4) is 0 Å². The molecular formula is C34H31ClN6O3. The van der Waals surface area contributed by atoms with Gasteiger partial charge < -0.3 is 0 Å². The molecule has 4 aliphatic rings. The fourth-order valence-corrected chi connectivity index (χ4v) is 6.70. The zero-order chi connectivity index (χ0) is 30.5. The van der Waals surface area contributed by atoms with Gasteiger partial charge in [-0.05, 0) is 80.2 Å². The van der Waals surface area contributed by atoms with Gasteiger partial charge in [0, 0.05) is 10.9 Å². The molecular weight excluding hydrogens is 576 g/mol. The van der Waals surface area contributed by atoms with Crippen molar-refractivity contribution in [1.82, 2.24) is 10.0 Å². The van der Waals surface area contributed by atoms with Gasteiger partial charge in [-0.2, -0.15) is 10.2 Å². The number of aryl methyl sites for hydroxylation is 2. The molecule has 3 aromatic rings. The molecule has 1 saturated carbocycles. The Morgan fingerprint density at radius 1 is 0.909 bits per heavy atom. The van der Waals surface area contributed by atoms with Crippen LogP contribution in [-0.4, -0.2) is 52.1 Å². The summed E-state index contributed by atoms with van der Waals surface area (Å²) in [4.78, 5) is 41.9. The number of allylic oxidation sites excluding steroid dienone is 1. The number of imide groups is 1. The third-order valence-electron chi connectivity index (χ3n) is 8.83. The predicted molar refractivity (Wildman–Crippen MR) is 168 cm³/mol. The van der Waals surface area contributed by atoms with Crippen molar-refractivity contribution < 1.29 is 14.4 Å². The van der Waals surface area contributed by atoms with Gasteiger partial charge in [0.2, 0.25) is 0 Å². The van der Waals surface area contributed by atoms with Crippen molar-refractivity contribution in [1.29, 1.82) is 0 Å². The quantitative estimate of drug-likeness (QED) is 0.329. The van der Waals surface area contributed by atoms with E-state index in [1.165, 1.54) is 10.6 Å². The molecule has 0 unspecified atom stereocenters. The largest absolute Gasteiger partial charge is 0.271 e. The van der Waals surface area contributed by atoms with E-state index in [1.807, 2.05) is 6.92 Å². The number of halogens is 1. The van der Waals surface area contributed by atoms with E-state index in [0.29, 0.717) is 10.7 Å². The molecule has 4 atom stereocenters. The smallest absolute Gasteiger partial charge is 0.264 e. The van der Waals surface area contributed by atoms with E-state index in [4.69, 9.17) is 16.7 Å². The van der Waals surface area contributed by atoms with Crippen LogP contribution in [0.5, 0.6) is 0 Å². The average molecular weight is 607 g/mol. The lowest BCUT2D eigenvalue weighted by atomic mass is 9.77. The minimum atomic E-state index is -1.00. The summed E-state index contributed by atoms with van der Waals surface area (Å²) in [5.74, 6) is -1.22.